The van der Waals surface area contributed by atoms with Crippen LogP contribution in [0.4, 0.5) is 5.69 Å². The van der Waals surface area contributed by atoms with Crippen LogP contribution in [0.3, 0.4) is 0 Å². The summed E-state index contributed by atoms with van der Waals surface area (Å²) in [5.74, 6) is -0.0286. The molecule has 0 unspecified atom stereocenters. The van der Waals surface area contributed by atoms with Crippen molar-refractivity contribution in [2.45, 2.75) is 47.0 Å². The van der Waals surface area contributed by atoms with Gasteiger partial charge in [0.2, 0.25) is 0 Å². The van der Waals surface area contributed by atoms with Gasteiger partial charge >= 0.3 is 0 Å². The first kappa shape index (κ1) is 17.0. The summed E-state index contributed by atoms with van der Waals surface area (Å²) < 4.78 is 0. The predicted octanol–water partition coefficient (Wildman–Crippen LogP) is 3.95. The Morgan fingerprint density at radius 3 is 2.52 bits per heavy atom. The fourth-order valence-electron chi connectivity index (χ4n) is 2.43. The summed E-state index contributed by atoms with van der Waals surface area (Å²) in [6.45, 7) is 7.29. The number of hydrogen-bond donors (Lipinski definition) is 0. The number of nitrogens with zero attached hydrogens (tertiary/aromatic N) is 3. The van der Waals surface area contributed by atoms with E-state index in [1.807, 2.05) is 6.92 Å². The van der Waals surface area contributed by atoms with Crippen LogP contribution in [0.25, 0.3) is 0 Å². The van der Waals surface area contributed by atoms with Crippen LogP contribution in [-0.4, -0.2) is 21.5 Å². The number of carbonyl (C=O) groups excluding carboxylic acids is 1. The van der Waals surface area contributed by atoms with Crippen LogP contribution in [-0.2, 0) is 17.6 Å². The maximum atomic E-state index is 11.4. The van der Waals surface area contributed by atoms with Gasteiger partial charge in [0.15, 0.2) is 5.78 Å². The largest absolute Gasteiger partial charge is 0.293 e. The summed E-state index contributed by atoms with van der Waals surface area (Å²) in [7, 11) is 0. The smallest absolute Gasteiger partial charge is 0.173 e. The zero-order chi connectivity index (χ0) is 16.8. The highest BCUT2D eigenvalue weighted by molar-refractivity contribution is 6.38. The third-order valence-electron chi connectivity index (χ3n) is 3.99. The van der Waals surface area contributed by atoms with Crippen molar-refractivity contribution in [3.8, 4) is 0 Å². The first-order valence-corrected chi connectivity index (χ1v) is 7.90. The van der Waals surface area contributed by atoms with E-state index in [4.69, 9.17) is 0 Å². The van der Waals surface area contributed by atoms with Crippen LogP contribution in [0.15, 0.2) is 35.6 Å². The quantitative estimate of drug-likeness (QED) is 0.759. The van der Waals surface area contributed by atoms with Crippen LogP contribution in [0, 0.1) is 13.8 Å². The van der Waals surface area contributed by atoms with Gasteiger partial charge in [0, 0.05) is 6.92 Å². The SMILES string of the molecule is CC(=O)C(C)=Nc1c(C)ncnc1CCCc1ccccc1C. The Hall–Kier alpha value is -2.36. The number of ketones is 1. The number of aryl methyl sites for hydroxylation is 4. The average molecular weight is 309 g/mol. The minimum absolute atomic E-state index is 0.0286. The molecule has 4 heteroatoms. The topological polar surface area (TPSA) is 55.2 Å². The molecule has 0 aliphatic carbocycles. The second-order valence-corrected chi connectivity index (χ2v) is 5.79. The maximum absolute atomic E-state index is 11.4. The Morgan fingerprint density at radius 2 is 1.83 bits per heavy atom. The summed E-state index contributed by atoms with van der Waals surface area (Å²) in [5, 5.41) is 0. The first-order valence-electron chi connectivity index (χ1n) is 7.90. The van der Waals surface area contributed by atoms with Crippen LogP contribution in [0.1, 0.15) is 42.8 Å². The van der Waals surface area contributed by atoms with E-state index >= 15 is 0 Å². The minimum Gasteiger partial charge on any atom is -0.293 e. The van der Waals surface area contributed by atoms with Gasteiger partial charge in [-0.05, 0) is 51.2 Å². The lowest BCUT2D eigenvalue weighted by Gasteiger charge is -2.09. The lowest BCUT2D eigenvalue weighted by atomic mass is 10.0. The van der Waals surface area contributed by atoms with Gasteiger partial charge in [0.05, 0.1) is 17.1 Å². The second-order valence-electron chi connectivity index (χ2n) is 5.79. The molecule has 2 aromatic rings. The number of benzene rings is 1. The number of hydrogen-bond acceptors (Lipinski definition) is 4. The van der Waals surface area contributed by atoms with E-state index in [9.17, 15) is 4.79 Å². The van der Waals surface area contributed by atoms with Crippen molar-refractivity contribution in [3.63, 3.8) is 0 Å². The molecule has 4 nitrogen and oxygen atoms in total. The maximum Gasteiger partial charge on any atom is 0.173 e. The molecule has 0 aliphatic rings. The Morgan fingerprint density at radius 1 is 1.09 bits per heavy atom. The molecule has 2 rings (SSSR count). The van der Waals surface area contributed by atoms with E-state index < -0.39 is 0 Å². The standard InChI is InChI=1S/C19H23N3O/c1-13-8-5-6-9-17(13)10-7-11-18-19(15(3)20-12-21-18)22-14(2)16(4)23/h5-6,8-9,12H,7,10-11H2,1-4H3. The highest BCUT2D eigenvalue weighted by Crippen LogP contribution is 2.22. The summed E-state index contributed by atoms with van der Waals surface area (Å²) in [6, 6.07) is 8.43. The average Bonchev–Trinajstić information content (AvgIpc) is 2.52. The number of aliphatic imine (C=N–C) groups is 1. The Balaban J connectivity index is 2.14. The molecule has 1 aromatic carbocycles. The third kappa shape index (κ3) is 4.55. The summed E-state index contributed by atoms with van der Waals surface area (Å²) in [6.07, 6.45) is 4.38. The molecule has 0 bridgehead atoms. The van der Waals surface area contributed by atoms with Crippen molar-refractivity contribution in [3.05, 3.63) is 53.1 Å². The van der Waals surface area contributed by atoms with Crippen LogP contribution < -0.4 is 0 Å². The Bertz CT molecular complexity index is 735. The van der Waals surface area contributed by atoms with Crippen LogP contribution in [0.2, 0.25) is 0 Å². The van der Waals surface area contributed by atoms with Crippen LogP contribution >= 0.6 is 0 Å². The molecule has 0 saturated carbocycles. The fourth-order valence-corrected chi connectivity index (χ4v) is 2.43. The van der Waals surface area contributed by atoms with Crippen molar-refractivity contribution in [1.82, 2.24) is 9.97 Å². The van der Waals surface area contributed by atoms with Gasteiger partial charge in [-0.15, -0.1) is 0 Å². The zero-order valence-corrected chi connectivity index (χ0v) is 14.3. The normalized spacial score (nSPS) is 11.6. The molecule has 0 amide bonds. The van der Waals surface area contributed by atoms with E-state index in [2.05, 4.69) is 46.1 Å². The molecule has 1 aromatic heterocycles. The lowest BCUT2D eigenvalue weighted by Crippen LogP contribution is -2.05. The third-order valence-corrected chi connectivity index (χ3v) is 3.99. The van der Waals surface area contributed by atoms with Crippen molar-refractivity contribution in [1.29, 1.82) is 0 Å². The van der Waals surface area contributed by atoms with Crippen molar-refractivity contribution in [2.24, 2.45) is 4.99 Å². The molecule has 1 heterocycles. The molecule has 0 spiro atoms. The Labute approximate surface area is 137 Å². The first-order chi connectivity index (χ1) is 11.0. The van der Waals surface area contributed by atoms with E-state index in [-0.39, 0.29) is 5.78 Å². The molecule has 0 atom stereocenters. The molecule has 0 N–H and O–H groups in total. The second kappa shape index (κ2) is 7.77. The monoisotopic (exact) mass is 309 g/mol. The van der Waals surface area contributed by atoms with Gasteiger partial charge < -0.3 is 0 Å². The molecule has 23 heavy (non-hydrogen) atoms. The highest BCUT2D eigenvalue weighted by atomic mass is 16.1. The van der Waals surface area contributed by atoms with E-state index in [1.165, 1.54) is 18.1 Å². The number of rotatable bonds is 6. The van der Waals surface area contributed by atoms with Crippen molar-refractivity contribution >= 4 is 17.2 Å². The van der Waals surface area contributed by atoms with Crippen LogP contribution in [0.5, 0.6) is 0 Å². The Kier molecular flexibility index (Phi) is 5.74. The predicted molar refractivity (Wildman–Crippen MR) is 93.4 cm³/mol. The van der Waals surface area contributed by atoms with Gasteiger partial charge in [-0.2, -0.15) is 0 Å². The van der Waals surface area contributed by atoms with E-state index in [1.54, 1.807) is 13.3 Å². The fraction of sp³-hybridized carbons (Fsp3) is 0.368. The highest BCUT2D eigenvalue weighted by Gasteiger charge is 2.10. The number of Topliss-reactive ketones (excluding diaryl/α,β-unsaturated/α-hetero) is 1. The van der Waals surface area contributed by atoms with Crippen molar-refractivity contribution in [2.75, 3.05) is 0 Å². The molecule has 0 saturated heterocycles. The van der Waals surface area contributed by atoms with E-state index in [0.717, 1.165) is 36.3 Å². The summed E-state index contributed by atoms with van der Waals surface area (Å²) >= 11 is 0. The van der Waals surface area contributed by atoms with Gasteiger partial charge in [-0.25, -0.2) is 15.0 Å². The number of carbonyl (C=O) groups is 1. The summed E-state index contributed by atoms with van der Waals surface area (Å²) in [5.41, 5.74) is 5.63. The molecular weight excluding hydrogens is 286 g/mol. The molecule has 0 fully saturated rings. The van der Waals surface area contributed by atoms with Gasteiger partial charge in [0.1, 0.15) is 12.0 Å². The van der Waals surface area contributed by atoms with Crippen molar-refractivity contribution < 1.29 is 4.79 Å². The molecular formula is C19H23N3O. The molecule has 0 radical (unpaired) electrons. The molecule has 120 valence electrons. The molecule has 0 aliphatic heterocycles. The van der Waals surface area contributed by atoms with Gasteiger partial charge in [-0.3, -0.25) is 4.79 Å². The zero-order valence-electron chi connectivity index (χ0n) is 14.3. The number of aromatic nitrogens is 2. The van der Waals surface area contributed by atoms with E-state index in [0.29, 0.717) is 5.71 Å². The minimum atomic E-state index is -0.0286. The summed E-state index contributed by atoms with van der Waals surface area (Å²) in [4.78, 5) is 24.5. The van der Waals surface area contributed by atoms with Gasteiger partial charge in [-0.1, -0.05) is 24.3 Å². The lowest BCUT2D eigenvalue weighted by molar-refractivity contribution is -0.111. The van der Waals surface area contributed by atoms with Gasteiger partial charge in [0.25, 0.3) is 0 Å².